The summed E-state index contributed by atoms with van der Waals surface area (Å²) in [6.45, 7) is 3.70. The van der Waals surface area contributed by atoms with Crippen LogP contribution >= 0.6 is 0 Å². The van der Waals surface area contributed by atoms with Crippen molar-refractivity contribution in [1.29, 1.82) is 0 Å². The lowest BCUT2D eigenvalue weighted by atomic mass is 10.2. The van der Waals surface area contributed by atoms with Crippen molar-refractivity contribution in [1.82, 2.24) is 10.3 Å². The zero-order valence-corrected chi connectivity index (χ0v) is 10.5. The number of rotatable bonds is 6. The Morgan fingerprint density at radius 2 is 2.11 bits per heavy atom. The third-order valence-electron chi connectivity index (χ3n) is 2.21. The lowest BCUT2D eigenvalue weighted by molar-refractivity contribution is -0.153. The van der Waals surface area contributed by atoms with E-state index in [1.54, 1.807) is 13.1 Å². The van der Waals surface area contributed by atoms with E-state index >= 15 is 0 Å². The van der Waals surface area contributed by atoms with Crippen LogP contribution < -0.4 is 10.1 Å². The molecule has 6 heteroatoms. The van der Waals surface area contributed by atoms with Crippen LogP contribution in [-0.4, -0.2) is 24.3 Å². The maximum Gasteiger partial charge on any atom is 0.422 e. The Hall–Kier alpha value is -1.30. The smallest absolute Gasteiger partial charge is 0.422 e. The van der Waals surface area contributed by atoms with Crippen molar-refractivity contribution in [3.8, 4) is 5.75 Å². The molecule has 1 heterocycles. The maximum atomic E-state index is 12.1. The average molecular weight is 262 g/mol. The summed E-state index contributed by atoms with van der Waals surface area (Å²) in [7, 11) is 0. The van der Waals surface area contributed by atoms with Crippen LogP contribution in [0.4, 0.5) is 13.2 Å². The van der Waals surface area contributed by atoms with E-state index in [2.05, 4.69) is 10.3 Å². The first-order valence-electron chi connectivity index (χ1n) is 5.78. The van der Waals surface area contributed by atoms with Crippen molar-refractivity contribution in [3.05, 3.63) is 23.5 Å². The molecule has 0 aliphatic rings. The largest absolute Gasteiger partial charge is 0.484 e. The molecule has 0 aromatic carbocycles. The third kappa shape index (κ3) is 5.35. The van der Waals surface area contributed by atoms with Crippen LogP contribution in [0.2, 0.25) is 0 Å². The van der Waals surface area contributed by atoms with Gasteiger partial charge >= 0.3 is 6.18 Å². The van der Waals surface area contributed by atoms with E-state index in [0.717, 1.165) is 13.0 Å². The number of pyridine rings is 1. The molecule has 0 aliphatic heterocycles. The van der Waals surface area contributed by atoms with Gasteiger partial charge in [0.2, 0.25) is 0 Å². The Bertz CT molecular complexity index is 380. The van der Waals surface area contributed by atoms with E-state index in [9.17, 15) is 13.2 Å². The minimum absolute atomic E-state index is 0.239. The molecule has 0 unspecified atom stereocenters. The highest BCUT2D eigenvalue weighted by atomic mass is 19.4. The van der Waals surface area contributed by atoms with Gasteiger partial charge in [-0.3, -0.25) is 4.98 Å². The predicted molar refractivity (Wildman–Crippen MR) is 62.5 cm³/mol. The fourth-order valence-electron chi connectivity index (χ4n) is 1.39. The van der Waals surface area contributed by atoms with E-state index in [1.807, 2.05) is 6.92 Å². The van der Waals surface area contributed by atoms with Gasteiger partial charge in [-0.2, -0.15) is 13.2 Å². The number of alkyl halides is 3. The molecule has 1 aromatic heterocycles. The molecule has 0 saturated heterocycles. The summed E-state index contributed by atoms with van der Waals surface area (Å²) < 4.78 is 41.2. The summed E-state index contributed by atoms with van der Waals surface area (Å²) in [5.41, 5.74) is 1.27. The Kier molecular flexibility index (Phi) is 5.40. The second-order valence-electron chi connectivity index (χ2n) is 4.01. The highest BCUT2D eigenvalue weighted by Gasteiger charge is 2.28. The number of hydrogen-bond donors (Lipinski definition) is 1. The Morgan fingerprint density at radius 3 is 2.72 bits per heavy atom. The number of hydrogen-bond acceptors (Lipinski definition) is 3. The number of ether oxygens (including phenoxy) is 1. The van der Waals surface area contributed by atoms with Gasteiger partial charge in [-0.1, -0.05) is 6.92 Å². The molecular weight excluding hydrogens is 245 g/mol. The summed E-state index contributed by atoms with van der Waals surface area (Å²) in [5, 5.41) is 3.11. The third-order valence-corrected chi connectivity index (χ3v) is 2.21. The van der Waals surface area contributed by atoms with Crippen molar-refractivity contribution in [2.75, 3.05) is 13.2 Å². The van der Waals surface area contributed by atoms with Crippen molar-refractivity contribution < 1.29 is 17.9 Å². The first kappa shape index (κ1) is 14.8. The highest BCUT2D eigenvalue weighted by Crippen LogP contribution is 2.22. The van der Waals surface area contributed by atoms with Gasteiger partial charge in [0.15, 0.2) is 6.61 Å². The van der Waals surface area contributed by atoms with Gasteiger partial charge in [-0.25, -0.2) is 0 Å². The second-order valence-corrected chi connectivity index (χ2v) is 4.01. The molecule has 0 atom stereocenters. The summed E-state index contributed by atoms with van der Waals surface area (Å²) in [6, 6.07) is 1.52. The predicted octanol–water partition coefficient (Wildman–Crippen LogP) is 2.83. The van der Waals surface area contributed by atoms with E-state index in [-0.39, 0.29) is 5.75 Å². The second kappa shape index (κ2) is 6.58. The number of aryl methyl sites for hydroxylation is 1. The lowest BCUT2D eigenvalue weighted by Gasteiger charge is -2.13. The first-order valence-corrected chi connectivity index (χ1v) is 5.78. The van der Waals surface area contributed by atoms with Gasteiger partial charge in [0.05, 0.1) is 0 Å². The van der Waals surface area contributed by atoms with Crippen molar-refractivity contribution >= 4 is 0 Å². The summed E-state index contributed by atoms with van der Waals surface area (Å²) in [4.78, 5) is 4.06. The molecule has 3 nitrogen and oxygen atoms in total. The molecule has 1 N–H and O–H groups in total. The van der Waals surface area contributed by atoms with Gasteiger partial charge in [0.1, 0.15) is 5.75 Å². The van der Waals surface area contributed by atoms with Crippen molar-refractivity contribution in [3.63, 3.8) is 0 Å². The highest BCUT2D eigenvalue weighted by molar-refractivity contribution is 5.32. The van der Waals surface area contributed by atoms with E-state index < -0.39 is 12.8 Å². The Labute approximate surface area is 104 Å². The molecule has 0 radical (unpaired) electrons. The topological polar surface area (TPSA) is 34.2 Å². The quantitative estimate of drug-likeness (QED) is 0.800. The molecule has 1 aromatic rings. The molecule has 0 spiro atoms. The normalized spacial score (nSPS) is 11.6. The summed E-state index contributed by atoms with van der Waals surface area (Å²) in [5.74, 6) is 0.239. The molecule has 0 aliphatic carbocycles. The SMILES string of the molecule is CCCNCc1cnc(C)cc1OCC(F)(F)F. The molecule has 18 heavy (non-hydrogen) atoms. The van der Waals surface area contributed by atoms with Gasteiger partial charge < -0.3 is 10.1 Å². The maximum absolute atomic E-state index is 12.1. The number of halogens is 3. The zero-order chi connectivity index (χ0) is 13.6. The van der Waals surface area contributed by atoms with Gasteiger partial charge in [0.25, 0.3) is 0 Å². The van der Waals surface area contributed by atoms with Gasteiger partial charge in [-0.15, -0.1) is 0 Å². The van der Waals surface area contributed by atoms with Crippen LogP contribution in [0.25, 0.3) is 0 Å². The van der Waals surface area contributed by atoms with Crippen LogP contribution in [0.1, 0.15) is 24.6 Å². The standard InChI is InChI=1S/C12H17F3N2O/c1-3-4-16-6-10-7-17-9(2)5-11(10)18-8-12(13,14)15/h5,7,16H,3-4,6,8H2,1-2H3. The Balaban J connectivity index is 2.70. The molecule has 0 bridgehead atoms. The van der Waals surface area contributed by atoms with E-state index in [1.165, 1.54) is 6.07 Å². The monoisotopic (exact) mass is 262 g/mol. The van der Waals surface area contributed by atoms with E-state index in [4.69, 9.17) is 4.74 Å². The summed E-state index contributed by atoms with van der Waals surface area (Å²) in [6.07, 6.45) is -1.83. The number of nitrogens with zero attached hydrogens (tertiary/aromatic N) is 1. The fraction of sp³-hybridized carbons (Fsp3) is 0.583. The minimum Gasteiger partial charge on any atom is -0.484 e. The molecule has 0 saturated carbocycles. The Morgan fingerprint density at radius 1 is 1.39 bits per heavy atom. The average Bonchev–Trinajstić information content (AvgIpc) is 2.28. The van der Waals surface area contributed by atoms with Crippen LogP contribution in [0.3, 0.4) is 0 Å². The molecule has 0 fully saturated rings. The van der Waals surface area contributed by atoms with Crippen molar-refractivity contribution in [2.24, 2.45) is 0 Å². The van der Waals surface area contributed by atoms with Gasteiger partial charge in [-0.05, 0) is 19.9 Å². The zero-order valence-electron chi connectivity index (χ0n) is 10.5. The molecule has 1 rings (SSSR count). The van der Waals surface area contributed by atoms with Crippen LogP contribution in [0.5, 0.6) is 5.75 Å². The van der Waals surface area contributed by atoms with Gasteiger partial charge in [0, 0.05) is 30.1 Å². The lowest BCUT2D eigenvalue weighted by Crippen LogP contribution is -2.21. The van der Waals surface area contributed by atoms with Crippen LogP contribution in [0.15, 0.2) is 12.3 Å². The molecular formula is C12H17F3N2O. The van der Waals surface area contributed by atoms with Crippen molar-refractivity contribution in [2.45, 2.75) is 33.0 Å². The van der Waals surface area contributed by atoms with Crippen LogP contribution in [0, 0.1) is 6.92 Å². The molecule has 102 valence electrons. The summed E-state index contributed by atoms with van der Waals surface area (Å²) >= 11 is 0. The number of aromatic nitrogens is 1. The fourth-order valence-corrected chi connectivity index (χ4v) is 1.39. The van der Waals surface area contributed by atoms with Crippen LogP contribution in [-0.2, 0) is 6.54 Å². The van der Waals surface area contributed by atoms with E-state index in [0.29, 0.717) is 17.8 Å². The first-order chi connectivity index (χ1) is 8.42. The minimum atomic E-state index is -4.33. The number of nitrogens with one attached hydrogen (secondary N) is 1. The molecule has 0 amide bonds.